The van der Waals surface area contributed by atoms with Gasteiger partial charge in [0.2, 0.25) is 0 Å². The Hall–Kier alpha value is -5.40. The van der Waals surface area contributed by atoms with Crippen LogP contribution in [0.2, 0.25) is 0 Å². The lowest BCUT2D eigenvalue weighted by molar-refractivity contribution is 0.632. The Morgan fingerprint density at radius 3 is 1.54 bits per heavy atom. The average Bonchev–Trinajstić information content (AvgIpc) is 3.61. The standard InChI is InChI=1S/C40H26O/c1-4-14-27(15-5-1)30-24-25-35-36(26-30)41-40(29-18-8-3-9-19-29)39(35)38-33-22-12-10-20-31(33)37(28-16-6-2-7-17-28)32-21-11-13-23-34(32)38/h1-26H/i1D,2D,4D,5D,6D,7D,10D,11D,12D,13D,14D,15D,16D,17D,20D,21D,22D,23D. The van der Waals surface area contributed by atoms with Crippen LogP contribution in [0, 0.1) is 0 Å². The van der Waals surface area contributed by atoms with Crippen molar-refractivity contribution in [3.8, 4) is 44.7 Å². The summed E-state index contributed by atoms with van der Waals surface area (Å²) >= 11 is 0. The summed E-state index contributed by atoms with van der Waals surface area (Å²) in [6.07, 6.45) is 0. The number of fused-ring (bicyclic) bond motifs is 3. The van der Waals surface area contributed by atoms with Crippen molar-refractivity contribution in [3.05, 3.63) is 157 Å². The highest BCUT2D eigenvalue weighted by Gasteiger charge is 2.24. The average molecular weight is 541 g/mol. The van der Waals surface area contributed by atoms with Gasteiger partial charge in [0.05, 0.1) is 24.7 Å². The monoisotopic (exact) mass is 540 g/mol. The maximum atomic E-state index is 9.38. The van der Waals surface area contributed by atoms with E-state index in [1.54, 1.807) is 30.3 Å². The Kier molecular flexibility index (Phi) is 2.73. The van der Waals surface area contributed by atoms with Crippen molar-refractivity contribution >= 4 is 32.5 Å². The maximum Gasteiger partial charge on any atom is 0.143 e. The number of hydrogen-bond acceptors (Lipinski definition) is 1. The van der Waals surface area contributed by atoms with Crippen molar-refractivity contribution < 1.29 is 29.1 Å². The summed E-state index contributed by atoms with van der Waals surface area (Å²) in [5.41, 5.74) is -0.483. The van der Waals surface area contributed by atoms with Crippen molar-refractivity contribution in [2.24, 2.45) is 0 Å². The third kappa shape index (κ3) is 3.86. The lowest BCUT2D eigenvalue weighted by Crippen LogP contribution is -1.91. The van der Waals surface area contributed by atoms with Crippen molar-refractivity contribution in [3.63, 3.8) is 0 Å². The third-order valence-electron chi connectivity index (χ3n) is 6.89. The highest BCUT2D eigenvalue weighted by molar-refractivity contribution is 6.24. The third-order valence-corrected chi connectivity index (χ3v) is 6.89. The fraction of sp³-hybridized carbons (Fsp3) is 0. The van der Waals surface area contributed by atoms with E-state index < -0.39 is 120 Å². The van der Waals surface area contributed by atoms with Crippen molar-refractivity contribution in [1.82, 2.24) is 0 Å². The van der Waals surface area contributed by atoms with Gasteiger partial charge in [-0.3, -0.25) is 0 Å². The second-order valence-corrected chi connectivity index (χ2v) is 9.13. The molecular weight excluding hydrogens is 496 g/mol. The predicted molar refractivity (Wildman–Crippen MR) is 173 cm³/mol. The van der Waals surface area contributed by atoms with Gasteiger partial charge in [-0.1, -0.05) is 145 Å². The van der Waals surface area contributed by atoms with Crippen LogP contribution in [0.3, 0.4) is 0 Å². The first-order valence-corrected chi connectivity index (χ1v) is 12.6. The van der Waals surface area contributed by atoms with E-state index in [2.05, 4.69) is 0 Å². The van der Waals surface area contributed by atoms with Gasteiger partial charge in [-0.25, -0.2) is 0 Å². The molecule has 0 aliphatic carbocycles. The van der Waals surface area contributed by atoms with E-state index in [4.69, 9.17) is 23.6 Å². The fourth-order valence-electron chi connectivity index (χ4n) is 5.19. The predicted octanol–water partition coefficient (Wildman–Crippen LogP) is 11.4. The van der Waals surface area contributed by atoms with Crippen molar-refractivity contribution in [1.29, 1.82) is 0 Å². The first-order chi connectivity index (χ1) is 27.8. The van der Waals surface area contributed by atoms with Gasteiger partial charge in [-0.2, -0.15) is 0 Å². The van der Waals surface area contributed by atoms with Crippen molar-refractivity contribution in [2.75, 3.05) is 0 Å². The van der Waals surface area contributed by atoms with E-state index in [0.717, 1.165) is 0 Å². The van der Waals surface area contributed by atoms with E-state index in [1.165, 1.54) is 18.2 Å². The molecule has 7 aromatic carbocycles. The topological polar surface area (TPSA) is 13.1 Å². The molecule has 0 amide bonds. The van der Waals surface area contributed by atoms with E-state index in [0.29, 0.717) is 5.56 Å². The molecule has 1 heteroatoms. The molecule has 0 saturated carbocycles. The minimum atomic E-state index is -0.782. The normalized spacial score (nSPS) is 17.6. The van der Waals surface area contributed by atoms with Gasteiger partial charge in [-0.15, -0.1) is 0 Å². The first-order valence-electron chi connectivity index (χ1n) is 21.6. The summed E-state index contributed by atoms with van der Waals surface area (Å²) in [4.78, 5) is 0. The Morgan fingerprint density at radius 1 is 0.390 bits per heavy atom. The quantitative estimate of drug-likeness (QED) is 0.202. The summed E-state index contributed by atoms with van der Waals surface area (Å²) in [6.45, 7) is 0. The van der Waals surface area contributed by atoms with Crippen LogP contribution in [0.15, 0.2) is 162 Å². The zero-order valence-corrected chi connectivity index (χ0v) is 21.0. The van der Waals surface area contributed by atoms with Crippen LogP contribution in [-0.4, -0.2) is 0 Å². The Labute approximate surface area is 264 Å². The highest BCUT2D eigenvalue weighted by atomic mass is 16.3. The first kappa shape index (κ1) is 11.6. The molecule has 0 saturated heterocycles. The summed E-state index contributed by atoms with van der Waals surface area (Å²) in [5.74, 6) is 0.0665. The van der Waals surface area contributed by atoms with Crippen molar-refractivity contribution in [2.45, 2.75) is 0 Å². The fourth-order valence-corrected chi connectivity index (χ4v) is 5.19. The molecule has 0 radical (unpaired) electrons. The molecule has 8 aromatic rings. The molecule has 0 spiro atoms. The Bertz CT molecular complexity index is 3050. The molecule has 192 valence electrons. The number of hydrogen-bond donors (Lipinski definition) is 0. The lowest BCUT2D eigenvalue weighted by atomic mass is 9.84. The number of rotatable bonds is 4. The van der Waals surface area contributed by atoms with Gasteiger partial charge in [0.25, 0.3) is 0 Å². The van der Waals surface area contributed by atoms with Gasteiger partial charge < -0.3 is 4.42 Å². The molecule has 0 bridgehead atoms. The second kappa shape index (κ2) is 9.66. The molecule has 8 rings (SSSR count). The minimum absolute atomic E-state index is 0.0665. The van der Waals surface area contributed by atoms with Gasteiger partial charge >= 0.3 is 0 Å². The minimum Gasteiger partial charge on any atom is -0.455 e. The van der Waals surface area contributed by atoms with Gasteiger partial charge in [0, 0.05) is 22.1 Å². The van der Waals surface area contributed by atoms with Crippen LogP contribution < -0.4 is 0 Å². The molecule has 41 heavy (non-hydrogen) atoms. The van der Waals surface area contributed by atoms with Crippen LogP contribution in [-0.2, 0) is 0 Å². The molecule has 0 unspecified atom stereocenters. The zero-order chi connectivity index (χ0) is 42.8. The number of furan rings is 1. The summed E-state index contributed by atoms with van der Waals surface area (Å²) in [5, 5.41) is -1.13. The van der Waals surface area contributed by atoms with Crippen LogP contribution in [0.5, 0.6) is 0 Å². The van der Waals surface area contributed by atoms with E-state index >= 15 is 0 Å². The van der Waals surface area contributed by atoms with Crippen LogP contribution in [0.1, 0.15) is 24.7 Å². The summed E-state index contributed by atoms with van der Waals surface area (Å²) in [6, 6.07) is 0.641. The summed E-state index contributed by atoms with van der Waals surface area (Å²) in [7, 11) is 0. The molecule has 0 aliphatic heterocycles. The van der Waals surface area contributed by atoms with Crippen LogP contribution >= 0.6 is 0 Å². The van der Waals surface area contributed by atoms with E-state index in [9.17, 15) is 5.48 Å². The molecular formula is C40H26O. The Balaban J connectivity index is 1.68. The van der Waals surface area contributed by atoms with Gasteiger partial charge in [-0.05, 0) is 55.9 Å². The SMILES string of the molecule is [2H]c1c([2H])c([2H])c(-c2ccc3c(-c4c5c([2H])c([2H])c([2H])c([2H])c5c(-c5c([2H])c([2H])c([2H])c([2H])c5[2H])c5c([2H])c([2H])c([2H])c([2H])c45)c(-c4ccccc4)oc3c2)c([2H])c1[2H]. The number of benzene rings is 7. The van der Waals surface area contributed by atoms with Gasteiger partial charge in [0.1, 0.15) is 11.3 Å². The molecule has 1 heterocycles. The van der Waals surface area contributed by atoms with E-state index in [-0.39, 0.29) is 60.5 Å². The maximum absolute atomic E-state index is 9.38. The zero-order valence-electron chi connectivity index (χ0n) is 39.0. The highest BCUT2D eigenvalue weighted by Crippen LogP contribution is 2.49. The molecule has 1 nitrogen and oxygen atoms in total. The summed E-state index contributed by atoms with van der Waals surface area (Å²) < 4.78 is 164. The molecule has 0 fully saturated rings. The van der Waals surface area contributed by atoms with Gasteiger partial charge in [0.15, 0.2) is 0 Å². The Morgan fingerprint density at radius 2 is 0.927 bits per heavy atom. The van der Waals surface area contributed by atoms with Crippen LogP contribution in [0.25, 0.3) is 77.2 Å². The smallest absolute Gasteiger partial charge is 0.143 e. The lowest BCUT2D eigenvalue weighted by Gasteiger charge is -2.18. The molecule has 0 atom stereocenters. The van der Waals surface area contributed by atoms with Crippen LogP contribution in [0.4, 0.5) is 0 Å². The van der Waals surface area contributed by atoms with E-state index in [1.807, 2.05) is 0 Å². The largest absolute Gasteiger partial charge is 0.455 e. The molecule has 1 aromatic heterocycles. The molecule has 0 N–H and O–H groups in total. The second-order valence-electron chi connectivity index (χ2n) is 9.13. The molecule has 0 aliphatic rings.